The van der Waals surface area contributed by atoms with Crippen LogP contribution in [0.5, 0.6) is 0 Å². The molecule has 2 amide bonds. The molecule has 1 aromatic carbocycles. The number of amides is 2. The van der Waals surface area contributed by atoms with Gasteiger partial charge in [0, 0.05) is 11.6 Å². The second-order valence-electron chi connectivity index (χ2n) is 5.15. The standard InChI is InChI=1S/C13H16F2N2O3/c1-13(2,3)20-12(19)17-10(11(16)18)8-5-4-7(14)6-9(8)15/h4-6,10H,1-3H3,(H2,16,18)(H,17,19). The lowest BCUT2D eigenvalue weighted by atomic mass is 10.1. The average Bonchev–Trinajstić information content (AvgIpc) is 2.23. The fourth-order valence-electron chi connectivity index (χ4n) is 1.46. The molecule has 0 spiro atoms. The maximum absolute atomic E-state index is 13.6. The lowest BCUT2D eigenvalue weighted by Crippen LogP contribution is -2.40. The number of benzene rings is 1. The number of ether oxygens (including phenoxy) is 1. The average molecular weight is 286 g/mol. The Morgan fingerprint density at radius 1 is 1.30 bits per heavy atom. The number of halogens is 2. The van der Waals surface area contributed by atoms with Crippen molar-refractivity contribution in [3.05, 3.63) is 35.4 Å². The molecule has 0 aliphatic heterocycles. The van der Waals surface area contributed by atoms with Crippen molar-refractivity contribution >= 4 is 12.0 Å². The molecule has 0 saturated carbocycles. The van der Waals surface area contributed by atoms with Gasteiger partial charge in [-0.25, -0.2) is 13.6 Å². The van der Waals surface area contributed by atoms with E-state index in [-0.39, 0.29) is 5.56 Å². The van der Waals surface area contributed by atoms with Crippen molar-refractivity contribution in [1.29, 1.82) is 0 Å². The zero-order chi connectivity index (χ0) is 15.5. The van der Waals surface area contributed by atoms with E-state index in [0.29, 0.717) is 6.07 Å². The maximum atomic E-state index is 13.6. The molecule has 3 N–H and O–H groups in total. The predicted octanol–water partition coefficient (Wildman–Crippen LogP) is 2.02. The smallest absolute Gasteiger partial charge is 0.408 e. The summed E-state index contributed by atoms with van der Waals surface area (Å²) in [6.45, 7) is 4.89. The Morgan fingerprint density at radius 3 is 2.35 bits per heavy atom. The minimum Gasteiger partial charge on any atom is -0.444 e. The highest BCUT2D eigenvalue weighted by Crippen LogP contribution is 2.19. The van der Waals surface area contributed by atoms with Gasteiger partial charge in [0.1, 0.15) is 23.3 Å². The summed E-state index contributed by atoms with van der Waals surface area (Å²) in [4.78, 5) is 22.9. The van der Waals surface area contributed by atoms with Crippen LogP contribution in [0.4, 0.5) is 13.6 Å². The van der Waals surface area contributed by atoms with E-state index in [9.17, 15) is 18.4 Å². The van der Waals surface area contributed by atoms with E-state index in [4.69, 9.17) is 10.5 Å². The summed E-state index contributed by atoms with van der Waals surface area (Å²) in [7, 11) is 0. The van der Waals surface area contributed by atoms with E-state index in [1.165, 1.54) is 0 Å². The molecule has 20 heavy (non-hydrogen) atoms. The lowest BCUT2D eigenvalue weighted by Gasteiger charge is -2.22. The van der Waals surface area contributed by atoms with Crippen molar-refractivity contribution in [2.45, 2.75) is 32.4 Å². The van der Waals surface area contributed by atoms with Crippen LogP contribution in [0.3, 0.4) is 0 Å². The van der Waals surface area contributed by atoms with Gasteiger partial charge in [0.2, 0.25) is 5.91 Å². The molecular weight excluding hydrogens is 270 g/mol. The topological polar surface area (TPSA) is 81.4 Å². The normalized spacial score (nSPS) is 12.7. The molecule has 0 saturated heterocycles. The van der Waals surface area contributed by atoms with E-state index in [0.717, 1.165) is 12.1 Å². The summed E-state index contributed by atoms with van der Waals surface area (Å²) < 4.78 is 31.4. The maximum Gasteiger partial charge on any atom is 0.408 e. The number of hydrogen-bond donors (Lipinski definition) is 2. The second kappa shape index (κ2) is 5.85. The largest absolute Gasteiger partial charge is 0.444 e. The quantitative estimate of drug-likeness (QED) is 0.891. The second-order valence-corrected chi connectivity index (χ2v) is 5.15. The van der Waals surface area contributed by atoms with Gasteiger partial charge in [-0.15, -0.1) is 0 Å². The zero-order valence-corrected chi connectivity index (χ0v) is 11.4. The molecule has 0 aliphatic rings. The Kier molecular flexibility index (Phi) is 4.65. The fourth-order valence-corrected chi connectivity index (χ4v) is 1.46. The molecule has 0 aromatic heterocycles. The molecule has 1 rings (SSSR count). The molecule has 0 heterocycles. The predicted molar refractivity (Wildman–Crippen MR) is 67.7 cm³/mol. The van der Waals surface area contributed by atoms with E-state index < -0.39 is 35.3 Å². The number of alkyl carbamates (subject to hydrolysis) is 1. The Labute approximate surface area is 115 Å². The number of primary amides is 1. The van der Waals surface area contributed by atoms with Gasteiger partial charge in [-0.05, 0) is 26.8 Å². The van der Waals surface area contributed by atoms with Crippen LogP contribution < -0.4 is 11.1 Å². The van der Waals surface area contributed by atoms with Crippen molar-refractivity contribution in [2.24, 2.45) is 5.73 Å². The van der Waals surface area contributed by atoms with Crippen molar-refractivity contribution in [3.8, 4) is 0 Å². The van der Waals surface area contributed by atoms with E-state index in [2.05, 4.69) is 5.32 Å². The minimum atomic E-state index is -1.44. The molecule has 0 fully saturated rings. The first-order valence-electron chi connectivity index (χ1n) is 5.84. The van der Waals surface area contributed by atoms with Crippen LogP contribution in [0, 0.1) is 11.6 Å². The Hall–Kier alpha value is -2.18. The molecule has 110 valence electrons. The third kappa shape index (κ3) is 4.49. The van der Waals surface area contributed by atoms with E-state index in [1.54, 1.807) is 20.8 Å². The summed E-state index contributed by atoms with van der Waals surface area (Å²) in [5.74, 6) is -2.77. The molecule has 7 heteroatoms. The van der Waals surface area contributed by atoms with Crippen molar-refractivity contribution in [2.75, 3.05) is 0 Å². The van der Waals surface area contributed by atoms with E-state index >= 15 is 0 Å². The highest BCUT2D eigenvalue weighted by molar-refractivity contribution is 5.85. The van der Waals surface area contributed by atoms with Gasteiger partial charge >= 0.3 is 6.09 Å². The van der Waals surface area contributed by atoms with E-state index in [1.807, 2.05) is 0 Å². The fraction of sp³-hybridized carbons (Fsp3) is 0.385. The van der Waals surface area contributed by atoms with Gasteiger partial charge in [-0.2, -0.15) is 0 Å². The van der Waals surface area contributed by atoms with Gasteiger partial charge in [-0.1, -0.05) is 6.07 Å². The zero-order valence-electron chi connectivity index (χ0n) is 11.4. The molecule has 1 aromatic rings. The summed E-state index contributed by atoms with van der Waals surface area (Å²) in [6, 6.07) is 1.16. The first-order chi connectivity index (χ1) is 9.10. The third-order valence-corrected chi connectivity index (χ3v) is 2.22. The lowest BCUT2D eigenvalue weighted by molar-refractivity contribution is -0.120. The number of nitrogens with one attached hydrogen (secondary N) is 1. The number of carbonyl (C=O) groups is 2. The highest BCUT2D eigenvalue weighted by Gasteiger charge is 2.26. The monoisotopic (exact) mass is 286 g/mol. The SMILES string of the molecule is CC(C)(C)OC(=O)NC(C(N)=O)c1ccc(F)cc1F. The molecule has 0 radical (unpaired) electrons. The Bertz CT molecular complexity index is 527. The molecule has 0 bridgehead atoms. The number of nitrogens with two attached hydrogens (primary N) is 1. The summed E-state index contributed by atoms with van der Waals surface area (Å²) >= 11 is 0. The van der Waals surface area contributed by atoms with Gasteiger partial charge in [0.15, 0.2) is 0 Å². The van der Waals surface area contributed by atoms with Crippen LogP contribution in [-0.4, -0.2) is 17.6 Å². The van der Waals surface area contributed by atoms with Crippen molar-refractivity contribution in [1.82, 2.24) is 5.32 Å². The molecule has 0 aliphatic carbocycles. The van der Waals surface area contributed by atoms with Crippen LogP contribution in [0.25, 0.3) is 0 Å². The first kappa shape index (κ1) is 15.9. The van der Waals surface area contributed by atoms with Gasteiger partial charge in [-0.3, -0.25) is 4.79 Å². The number of rotatable bonds is 3. The van der Waals surface area contributed by atoms with Gasteiger partial charge in [0.05, 0.1) is 0 Å². The van der Waals surface area contributed by atoms with Crippen molar-refractivity contribution in [3.63, 3.8) is 0 Å². The van der Waals surface area contributed by atoms with Crippen LogP contribution in [0.15, 0.2) is 18.2 Å². The summed E-state index contributed by atoms with van der Waals surface area (Å²) in [5, 5.41) is 2.15. The third-order valence-electron chi connectivity index (χ3n) is 2.22. The first-order valence-corrected chi connectivity index (χ1v) is 5.84. The minimum absolute atomic E-state index is 0.232. The van der Waals surface area contributed by atoms with Crippen LogP contribution in [0.1, 0.15) is 32.4 Å². The highest BCUT2D eigenvalue weighted by atomic mass is 19.1. The molecular formula is C13H16F2N2O3. The number of hydrogen-bond acceptors (Lipinski definition) is 3. The number of carbonyl (C=O) groups excluding carboxylic acids is 2. The van der Waals surface area contributed by atoms with Crippen LogP contribution in [-0.2, 0) is 9.53 Å². The molecule has 1 atom stereocenters. The van der Waals surface area contributed by atoms with Crippen molar-refractivity contribution < 1.29 is 23.1 Å². The Morgan fingerprint density at radius 2 is 1.90 bits per heavy atom. The molecule has 5 nitrogen and oxygen atoms in total. The molecule has 1 unspecified atom stereocenters. The Balaban J connectivity index is 2.96. The van der Waals surface area contributed by atoms with Gasteiger partial charge < -0.3 is 15.8 Å². The van der Waals surface area contributed by atoms with Crippen LogP contribution >= 0.6 is 0 Å². The van der Waals surface area contributed by atoms with Gasteiger partial charge in [0.25, 0.3) is 0 Å². The van der Waals surface area contributed by atoms with Crippen LogP contribution in [0.2, 0.25) is 0 Å². The summed E-state index contributed by atoms with van der Waals surface area (Å²) in [5.41, 5.74) is 4.10. The summed E-state index contributed by atoms with van der Waals surface area (Å²) in [6.07, 6.45) is -0.926.